The van der Waals surface area contributed by atoms with E-state index in [1.54, 1.807) is 28.3 Å². The maximum Gasteiger partial charge on any atom is 0.328 e. The van der Waals surface area contributed by atoms with Crippen LogP contribution in [0, 0.1) is 0 Å². The zero-order valence-corrected chi connectivity index (χ0v) is 17.9. The highest BCUT2D eigenvalue weighted by Crippen LogP contribution is 2.26. The van der Waals surface area contributed by atoms with E-state index in [9.17, 15) is 14.4 Å². The minimum absolute atomic E-state index is 0.128. The van der Waals surface area contributed by atoms with E-state index in [1.807, 2.05) is 41.8 Å². The van der Waals surface area contributed by atoms with Crippen LogP contribution in [0.2, 0.25) is 0 Å². The van der Waals surface area contributed by atoms with Gasteiger partial charge in [-0.2, -0.15) is 0 Å². The number of aryl methyl sites for hydroxylation is 2. The molecule has 2 aromatic heterocycles. The highest BCUT2D eigenvalue weighted by atomic mass is 32.1. The lowest BCUT2D eigenvalue weighted by molar-refractivity contribution is -0.116. The van der Waals surface area contributed by atoms with Crippen molar-refractivity contribution in [3.63, 3.8) is 0 Å². The summed E-state index contributed by atoms with van der Waals surface area (Å²) in [7, 11) is 1.72. The van der Waals surface area contributed by atoms with Crippen LogP contribution >= 0.6 is 11.3 Å². The number of carbonyl (C=O) groups is 2. The van der Waals surface area contributed by atoms with Gasteiger partial charge in [0.25, 0.3) is 0 Å². The van der Waals surface area contributed by atoms with Crippen molar-refractivity contribution >= 4 is 45.0 Å². The maximum atomic E-state index is 12.5. The molecule has 8 nitrogen and oxygen atoms in total. The molecule has 0 saturated heterocycles. The highest BCUT2D eigenvalue weighted by molar-refractivity contribution is 7.14. The Kier molecular flexibility index (Phi) is 5.68. The standard InChI is InChI=1S/C22H21N5O3S/c1-14(28)23-16-9-7-15(8-10-16)17-13-31-21(24-17)25-20(29)11-12-27-19-6-4-3-5-18(19)26(2)22(27)30/h3-10,13H,11-12H2,1-2H3,(H,23,28)(H,24,25,29). The first kappa shape index (κ1) is 20.5. The van der Waals surface area contributed by atoms with Crippen molar-refractivity contribution in [3.05, 3.63) is 64.4 Å². The Morgan fingerprint density at radius 1 is 1.03 bits per heavy atom. The number of nitrogens with one attached hydrogen (secondary N) is 2. The van der Waals surface area contributed by atoms with Crippen molar-refractivity contribution < 1.29 is 9.59 Å². The predicted octanol–water partition coefficient (Wildman–Crippen LogP) is 3.45. The van der Waals surface area contributed by atoms with Gasteiger partial charge in [0, 0.05) is 43.6 Å². The van der Waals surface area contributed by atoms with Gasteiger partial charge in [0.2, 0.25) is 11.8 Å². The molecule has 0 saturated carbocycles. The molecule has 0 spiro atoms. The fourth-order valence-corrected chi connectivity index (χ4v) is 4.10. The molecule has 0 bridgehead atoms. The number of aromatic nitrogens is 3. The summed E-state index contributed by atoms with van der Waals surface area (Å²) in [6.45, 7) is 1.74. The summed E-state index contributed by atoms with van der Waals surface area (Å²) in [6, 6.07) is 14.8. The quantitative estimate of drug-likeness (QED) is 0.485. The van der Waals surface area contributed by atoms with Gasteiger partial charge in [-0.3, -0.25) is 18.7 Å². The lowest BCUT2D eigenvalue weighted by Crippen LogP contribution is -2.24. The number of benzene rings is 2. The van der Waals surface area contributed by atoms with E-state index in [2.05, 4.69) is 15.6 Å². The molecule has 4 aromatic rings. The van der Waals surface area contributed by atoms with Gasteiger partial charge in [-0.1, -0.05) is 24.3 Å². The number of amides is 2. The number of fused-ring (bicyclic) bond motifs is 1. The SMILES string of the molecule is CC(=O)Nc1ccc(-c2csc(NC(=O)CCn3c(=O)n(C)c4ccccc43)n2)cc1. The zero-order chi connectivity index (χ0) is 22.0. The maximum absolute atomic E-state index is 12.5. The second-order valence-electron chi connectivity index (χ2n) is 7.08. The summed E-state index contributed by atoms with van der Waals surface area (Å²) in [6.07, 6.45) is 0.161. The number of carbonyl (C=O) groups excluding carboxylic acids is 2. The minimum atomic E-state index is -0.207. The van der Waals surface area contributed by atoms with Gasteiger partial charge >= 0.3 is 5.69 Å². The Hall–Kier alpha value is -3.72. The summed E-state index contributed by atoms with van der Waals surface area (Å²) >= 11 is 1.33. The average molecular weight is 436 g/mol. The van der Waals surface area contributed by atoms with Crippen molar-refractivity contribution in [2.75, 3.05) is 10.6 Å². The lowest BCUT2D eigenvalue weighted by Gasteiger charge is -2.04. The number of rotatable bonds is 6. The second-order valence-corrected chi connectivity index (χ2v) is 7.93. The summed E-state index contributed by atoms with van der Waals surface area (Å²) in [4.78, 5) is 40.5. The van der Waals surface area contributed by atoms with Gasteiger partial charge in [-0.05, 0) is 24.3 Å². The predicted molar refractivity (Wildman–Crippen MR) is 122 cm³/mol. The number of nitrogens with zero attached hydrogens (tertiary/aromatic N) is 3. The van der Waals surface area contributed by atoms with E-state index < -0.39 is 0 Å². The van der Waals surface area contributed by atoms with E-state index in [4.69, 9.17) is 0 Å². The highest BCUT2D eigenvalue weighted by Gasteiger charge is 2.13. The third-order valence-corrected chi connectivity index (χ3v) is 5.62. The number of hydrogen-bond donors (Lipinski definition) is 2. The van der Waals surface area contributed by atoms with E-state index >= 15 is 0 Å². The fraction of sp³-hybridized carbons (Fsp3) is 0.182. The van der Waals surface area contributed by atoms with Crippen molar-refractivity contribution in [2.45, 2.75) is 19.9 Å². The smallest absolute Gasteiger partial charge is 0.326 e. The van der Waals surface area contributed by atoms with Crippen LogP contribution in [0.1, 0.15) is 13.3 Å². The molecular formula is C22H21N5O3S. The summed E-state index contributed by atoms with van der Waals surface area (Å²) < 4.78 is 3.19. The van der Waals surface area contributed by atoms with E-state index in [-0.39, 0.29) is 30.5 Å². The Bertz CT molecular complexity index is 1320. The van der Waals surface area contributed by atoms with Crippen LogP contribution in [0.4, 0.5) is 10.8 Å². The third kappa shape index (κ3) is 4.41. The van der Waals surface area contributed by atoms with Crippen LogP contribution in [-0.2, 0) is 23.2 Å². The number of imidazole rings is 1. The molecule has 0 aliphatic rings. The summed E-state index contributed by atoms with van der Waals surface area (Å²) in [5, 5.41) is 7.88. The van der Waals surface area contributed by atoms with Crippen molar-refractivity contribution in [3.8, 4) is 11.3 Å². The minimum Gasteiger partial charge on any atom is -0.326 e. The molecule has 0 aliphatic heterocycles. The van der Waals surface area contributed by atoms with Gasteiger partial charge in [-0.15, -0.1) is 11.3 Å². The topological polar surface area (TPSA) is 98.0 Å². The summed E-state index contributed by atoms with van der Waals surface area (Å²) in [5.41, 5.74) is 3.83. The van der Waals surface area contributed by atoms with E-state index in [1.165, 1.54) is 18.3 Å². The molecule has 0 radical (unpaired) electrons. The summed E-state index contributed by atoms with van der Waals surface area (Å²) in [5.74, 6) is -0.334. The van der Waals surface area contributed by atoms with Crippen molar-refractivity contribution in [1.82, 2.24) is 14.1 Å². The largest absolute Gasteiger partial charge is 0.328 e. The van der Waals surface area contributed by atoms with Gasteiger partial charge in [-0.25, -0.2) is 9.78 Å². The Morgan fingerprint density at radius 2 is 1.74 bits per heavy atom. The third-order valence-electron chi connectivity index (χ3n) is 4.87. The second kappa shape index (κ2) is 8.57. The molecule has 0 unspecified atom stereocenters. The molecule has 31 heavy (non-hydrogen) atoms. The molecule has 0 aliphatic carbocycles. The van der Waals surface area contributed by atoms with Crippen molar-refractivity contribution in [1.29, 1.82) is 0 Å². The monoisotopic (exact) mass is 435 g/mol. The number of hydrogen-bond acceptors (Lipinski definition) is 5. The first-order valence-electron chi connectivity index (χ1n) is 9.70. The Balaban J connectivity index is 1.40. The van der Waals surface area contributed by atoms with Crippen LogP contribution in [0.15, 0.2) is 58.7 Å². The molecule has 4 rings (SSSR count). The molecule has 2 N–H and O–H groups in total. The molecule has 0 fully saturated rings. The Labute approximate surface area is 182 Å². The van der Waals surface area contributed by atoms with Gasteiger partial charge in [0.1, 0.15) is 0 Å². The van der Waals surface area contributed by atoms with Crippen LogP contribution in [-0.4, -0.2) is 25.9 Å². The molecule has 2 heterocycles. The first-order chi connectivity index (χ1) is 14.9. The van der Waals surface area contributed by atoms with Gasteiger partial charge < -0.3 is 10.6 Å². The first-order valence-corrected chi connectivity index (χ1v) is 10.6. The molecule has 158 valence electrons. The van der Waals surface area contributed by atoms with Crippen LogP contribution in [0.5, 0.6) is 0 Å². The molecular weight excluding hydrogens is 414 g/mol. The molecule has 0 atom stereocenters. The molecule has 2 aromatic carbocycles. The zero-order valence-electron chi connectivity index (χ0n) is 17.1. The fourth-order valence-electron chi connectivity index (χ4n) is 3.37. The number of para-hydroxylation sites is 2. The number of thiazole rings is 1. The van der Waals surface area contributed by atoms with E-state index in [0.29, 0.717) is 10.8 Å². The molecule has 2 amide bonds. The van der Waals surface area contributed by atoms with E-state index in [0.717, 1.165) is 22.3 Å². The lowest BCUT2D eigenvalue weighted by atomic mass is 10.1. The van der Waals surface area contributed by atoms with Gasteiger partial charge in [0.15, 0.2) is 5.13 Å². The van der Waals surface area contributed by atoms with Crippen molar-refractivity contribution in [2.24, 2.45) is 7.05 Å². The van der Waals surface area contributed by atoms with Crippen LogP contribution in [0.3, 0.4) is 0 Å². The van der Waals surface area contributed by atoms with Crippen LogP contribution in [0.25, 0.3) is 22.3 Å². The van der Waals surface area contributed by atoms with Crippen LogP contribution < -0.4 is 16.3 Å². The normalized spacial score (nSPS) is 10.9. The molecule has 9 heteroatoms. The average Bonchev–Trinajstić information content (AvgIpc) is 3.30. The van der Waals surface area contributed by atoms with Gasteiger partial charge in [0.05, 0.1) is 16.7 Å². The number of anilines is 2. The Morgan fingerprint density at radius 3 is 2.45 bits per heavy atom.